The van der Waals surface area contributed by atoms with Gasteiger partial charge in [-0.3, -0.25) is 4.57 Å². The van der Waals surface area contributed by atoms with E-state index in [2.05, 4.69) is 0 Å². The molecule has 0 fully saturated rings. The Morgan fingerprint density at radius 1 is 0.875 bits per heavy atom. The van der Waals surface area contributed by atoms with E-state index >= 15 is 0 Å². The van der Waals surface area contributed by atoms with Crippen molar-refractivity contribution < 1.29 is 28.0 Å². The van der Waals surface area contributed by atoms with Crippen molar-refractivity contribution in [1.82, 2.24) is 0 Å². The second-order valence-corrected chi connectivity index (χ2v) is 4.45. The highest BCUT2D eigenvalue weighted by Crippen LogP contribution is 2.47. The van der Waals surface area contributed by atoms with Gasteiger partial charge < -0.3 is 9.05 Å². The topological polar surface area (TPSA) is 86.7 Å². The maximum Gasteiger partial charge on any atom is 0.335 e. The lowest BCUT2D eigenvalue weighted by atomic mass is 10.7. The average Bonchev–Trinajstić information content (AvgIpc) is 2.27. The molecule has 0 saturated carbocycles. The van der Waals surface area contributed by atoms with Gasteiger partial charge in [-0.1, -0.05) is 0 Å². The molecule has 0 spiro atoms. The Morgan fingerprint density at radius 3 is 1.69 bits per heavy atom. The van der Waals surface area contributed by atoms with Crippen LogP contribution in [0.3, 0.4) is 0 Å². The summed E-state index contributed by atoms with van der Waals surface area (Å²) in [7, 11) is -3.53. The molecule has 0 aliphatic heterocycles. The third kappa shape index (κ3) is 6.88. The molecule has 0 aliphatic rings. The molecule has 0 N–H and O–H groups in total. The van der Waals surface area contributed by atoms with Gasteiger partial charge >= 0.3 is 7.60 Å². The molecule has 0 radical (unpaired) electrons. The quantitative estimate of drug-likeness (QED) is 0.453. The molecule has 0 rings (SSSR count). The van der Waals surface area contributed by atoms with Gasteiger partial charge in [0.1, 0.15) is 17.8 Å². The van der Waals surface area contributed by atoms with Crippen molar-refractivity contribution in [2.24, 2.45) is 0 Å². The second-order valence-electron chi connectivity index (χ2n) is 2.35. The Balaban J connectivity index is 4.45. The molecule has 7 heteroatoms. The van der Waals surface area contributed by atoms with Gasteiger partial charge in [0.25, 0.3) is 0 Å². The molecule has 0 aromatic carbocycles. The highest BCUT2D eigenvalue weighted by molar-refractivity contribution is 7.54. The summed E-state index contributed by atoms with van der Waals surface area (Å²) in [4.78, 5) is 29.7. The van der Waals surface area contributed by atoms with Crippen molar-refractivity contribution in [2.75, 3.05) is 19.4 Å². The summed E-state index contributed by atoms with van der Waals surface area (Å²) < 4.78 is 21.3. The summed E-state index contributed by atoms with van der Waals surface area (Å²) in [6.07, 6.45) is 2.60. The normalized spacial score (nSPS) is 12.5. The summed E-state index contributed by atoms with van der Waals surface area (Å²) in [5, 5.41) is 0. The number of rotatable bonds is 8. The first-order valence-electron chi connectivity index (χ1n) is 4.14. The van der Waals surface area contributed by atoms with E-state index in [4.69, 9.17) is 9.05 Å². The van der Waals surface area contributed by atoms with Crippen LogP contribution in [0.1, 0.15) is 0 Å². The van der Waals surface area contributed by atoms with Crippen LogP contribution in [-0.4, -0.2) is 37.2 Å². The fraction of sp³-hybridized carbons (Fsp3) is 0.333. The summed E-state index contributed by atoms with van der Waals surface area (Å²) >= 11 is 0. The minimum Gasteiger partial charge on any atom is -0.303 e. The van der Waals surface area contributed by atoms with Crippen LogP contribution in [0.5, 0.6) is 0 Å². The molecule has 0 saturated heterocycles. The highest BCUT2D eigenvalue weighted by Gasteiger charge is 2.22. The first kappa shape index (κ1) is 14.5. The van der Waals surface area contributed by atoms with Gasteiger partial charge in [-0.25, -0.2) is 14.4 Å². The zero-order valence-corrected chi connectivity index (χ0v) is 9.14. The zero-order chi connectivity index (χ0) is 12.3. The highest BCUT2D eigenvalue weighted by atomic mass is 31.2. The van der Waals surface area contributed by atoms with Crippen LogP contribution in [0.25, 0.3) is 0 Å². The lowest BCUT2D eigenvalue weighted by Crippen LogP contribution is -1.99. The smallest absolute Gasteiger partial charge is 0.303 e. The van der Waals surface area contributed by atoms with Crippen LogP contribution in [-0.2, 0) is 28.0 Å². The zero-order valence-electron chi connectivity index (χ0n) is 8.25. The molecule has 16 heavy (non-hydrogen) atoms. The van der Waals surface area contributed by atoms with E-state index in [1.165, 1.54) is 17.8 Å². The second kappa shape index (κ2) is 8.78. The van der Waals surface area contributed by atoms with Crippen LogP contribution in [0.2, 0.25) is 0 Å². The molecule has 0 aliphatic carbocycles. The van der Waals surface area contributed by atoms with Crippen molar-refractivity contribution in [3.05, 3.63) is 18.2 Å². The van der Waals surface area contributed by atoms with E-state index in [0.717, 1.165) is 18.2 Å². The maximum absolute atomic E-state index is 11.8. The van der Waals surface area contributed by atoms with Gasteiger partial charge in [-0.15, -0.1) is 0 Å². The van der Waals surface area contributed by atoms with E-state index in [1.807, 2.05) is 0 Å². The Morgan fingerprint density at radius 2 is 1.31 bits per heavy atom. The molecule has 0 unspecified atom stereocenters. The molecule has 0 atom stereocenters. The molecule has 0 heterocycles. The lowest BCUT2D eigenvalue weighted by molar-refractivity contribution is 0.240. The van der Waals surface area contributed by atoms with Gasteiger partial charge in [-0.2, -0.15) is 0 Å². The maximum atomic E-state index is 11.8. The van der Waals surface area contributed by atoms with Crippen molar-refractivity contribution >= 4 is 25.4 Å². The van der Waals surface area contributed by atoms with Crippen molar-refractivity contribution in [2.45, 2.75) is 0 Å². The number of carbonyl (C=O) groups excluding carboxylic acids is 3. The third-order valence-electron chi connectivity index (χ3n) is 1.27. The molecule has 0 aromatic heterocycles. The van der Waals surface area contributed by atoms with E-state index < -0.39 is 7.60 Å². The summed E-state index contributed by atoms with van der Waals surface area (Å²) in [5.74, 6) is 4.28. The first-order chi connectivity index (χ1) is 7.68. The van der Waals surface area contributed by atoms with Gasteiger partial charge in [0.05, 0.1) is 19.4 Å². The van der Waals surface area contributed by atoms with Gasteiger partial charge in [-0.05, 0) is 0 Å². The van der Waals surface area contributed by atoms with Crippen LogP contribution >= 0.6 is 7.60 Å². The third-order valence-corrected chi connectivity index (χ3v) is 2.99. The number of hydrogen-bond acceptors (Lipinski definition) is 6. The van der Waals surface area contributed by atoms with Crippen LogP contribution in [0, 0.1) is 0 Å². The van der Waals surface area contributed by atoms with E-state index in [-0.39, 0.29) is 19.4 Å². The van der Waals surface area contributed by atoms with Gasteiger partial charge in [0.15, 0.2) is 0 Å². The number of allylic oxidation sites excluding steroid dienone is 1. The summed E-state index contributed by atoms with van der Waals surface area (Å²) in [6.45, 7) is -0.503. The Labute approximate surface area is 91.8 Å². The number of hydrogen-bond donors (Lipinski definition) is 0. The van der Waals surface area contributed by atoms with Gasteiger partial charge in [0.2, 0.25) is 0 Å². The van der Waals surface area contributed by atoms with Crippen LogP contribution in [0.4, 0.5) is 0 Å². The molecule has 0 aromatic rings. The fourth-order valence-corrected chi connectivity index (χ4v) is 1.85. The van der Waals surface area contributed by atoms with Crippen molar-refractivity contribution in [3.8, 4) is 0 Å². The van der Waals surface area contributed by atoms with Crippen LogP contribution in [0.15, 0.2) is 18.2 Å². The average molecular weight is 244 g/mol. The fourth-order valence-electron chi connectivity index (χ4n) is 0.661. The molecule has 0 bridgehead atoms. The summed E-state index contributed by atoms with van der Waals surface area (Å²) in [6, 6.07) is 0. The minimum absolute atomic E-state index is 0.252. The Hall–Kier alpha value is -1.50. The molecule has 6 nitrogen and oxygen atoms in total. The standard InChI is InChI=1S/C9H9O6P/c10-4-1-7-14-16(13,9-3-6-12)15-8-2-5-11/h1-3H,7-9H2. The van der Waals surface area contributed by atoms with E-state index in [9.17, 15) is 18.9 Å². The SMILES string of the molecule is O=C=CCOP(=O)(CC=C=O)OCC=C=O. The molecule has 86 valence electrons. The Bertz CT molecular complexity index is 370. The summed E-state index contributed by atoms with van der Waals surface area (Å²) in [5.41, 5.74) is 0. The van der Waals surface area contributed by atoms with E-state index in [1.54, 1.807) is 0 Å². The van der Waals surface area contributed by atoms with Crippen molar-refractivity contribution in [3.63, 3.8) is 0 Å². The predicted molar refractivity (Wildman–Crippen MR) is 55.2 cm³/mol. The largest absolute Gasteiger partial charge is 0.335 e. The van der Waals surface area contributed by atoms with Gasteiger partial charge in [0, 0.05) is 18.2 Å². The predicted octanol–water partition coefficient (Wildman–Crippen LogP) is 0.376. The Kier molecular flexibility index (Phi) is 7.96. The minimum atomic E-state index is -3.53. The first-order valence-corrected chi connectivity index (χ1v) is 5.87. The molecular weight excluding hydrogens is 235 g/mol. The lowest BCUT2D eigenvalue weighted by Gasteiger charge is -2.13. The molecular formula is C9H9O6P. The van der Waals surface area contributed by atoms with Crippen LogP contribution < -0.4 is 0 Å². The van der Waals surface area contributed by atoms with Crippen molar-refractivity contribution in [1.29, 1.82) is 0 Å². The van der Waals surface area contributed by atoms with E-state index in [0.29, 0.717) is 0 Å². The molecule has 0 amide bonds. The monoisotopic (exact) mass is 244 g/mol.